The van der Waals surface area contributed by atoms with Gasteiger partial charge in [0.05, 0.1) is 7.11 Å². The number of aryl methyl sites for hydroxylation is 2. The summed E-state index contributed by atoms with van der Waals surface area (Å²) in [6.07, 6.45) is 3.16. The summed E-state index contributed by atoms with van der Waals surface area (Å²) < 4.78 is 5.46. The zero-order chi connectivity index (χ0) is 19.6. The molecular formula is C24H33NO2. The molecule has 3 heteroatoms. The first-order valence-electron chi connectivity index (χ1n) is 9.95. The molecule has 27 heavy (non-hydrogen) atoms. The van der Waals surface area contributed by atoms with Crippen LogP contribution in [-0.4, -0.2) is 37.8 Å². The summed E-state index contributed by atoms with van der Waals surface area (Å²) in [4.78, 5) is 2.20. The van der Waals surface area contributed by atoms with Crippen LogP contribution in [0.3, 0.4) is 0 Å². The number of aliphatic hydroxyl groups is 1. The van der Waals surface area contributed by atoms with Gasteiger partial charge in [0.2, 0.25) is 0 Å². The molecule has 1 aliphatic rings. The van der Waals surface area contributed by atoms with Crippen LogP contribution in [0.1, 0.15) is 47.4 Å². The van der Waals surface area contributed by atoms with E-state index in [4.69, 9.17) is 4.74 Å². The minimum absolute atomic E-state index is 0.0619. The van der Waals surface area contributed by atoms with Crippen molar-refractivity contribution in [2.45, 2.75) is 44.6 Å². The van der Waals surface area contributed by atoms with Crippen molar-refractivity contribution in [2.75, 3.05) is 27.7 Å². The zero-order valence-corrected chi connectivity index (χ0v) is 17.3. The smallest absolute Gasteiger partial charge is 0.119 e. The summed E-state index contributed by atoms with van der Waals surface area (Å²) in [5, 5.41) is 12.4. The van der Waals surface area contributed by atoms with Crippen LogP contribution < -0.4 is 4.74 Å². The van der Waals surface area contributed by atoms with Crippen LogP contribution in [0.2, 0.25) is 0 Å². The number of rotatable bonds is 5. The van der Waals surface area contributed by atoms with Crippen molar-refractivity contribution in [1.29, 1.82) is 0 Å². The maximum Gasteiger partial charge on any atom is 0.119 e. The molecule has 2 aromatic rings. The SMILES string of the molecule is COc1cccc(C2CCCC(CN(C)C)C2(O)c2cc(C)ccc2C)c1. The van der Waals surface area contributed by atoms with E-state index in [1.54, 1.807) is 7.11 Å². The quantitative estimate of drug-likeness (QED) is 0.835. The summed E-state index contributed by atoms with van der Waals surface area (Å²) >= 11 is 0. The van der Waals surface area contributed by atoms with E-state index >= 15 is 0 Å². The van der Waals surface area contributed by atoms with Gasteiger partial charge in [0, 0.05) is 18.4 Å². The number of hydrogen-bond acceptors (Lipinski definition) is 3. The highest BCUT2D eigenvalue weighted by molar-refractivity contribution is 5.41. The Bertz CT molecular complexity index is 786. The fraction of sp³-hybridized carbons (Fsp3) is 0.500. The molecule has 1 saturated carbocycles. The predicted octanol–water partition coefficient (Wildman–Crippen LogP) is 4.65. The molecule has 3 unspecified atom stereocenters. The summed E-state index contributed by atoms with van der Waals surface area (Å²) in [5.74, 6) is 1.11. The lowest BCUT2D eigenvalue weighted by atomic mass is 9.62. The lowest BCUT2D eigenvalue weighted by molar-refractivity contribution is -0.0808. The molecule has 1 aliphatic carbocycles. The lowest BCUT2D eigenvalue weighted by Gasteiger charge is -2.48. The van der Waals surface area contributed by atoms with Crippen molar-refractivity contribution in [3.8, 4) is 5.75 Å². The highest BCUT2D eigenvalue weighted by Gasteiger charge is 2.48. The molecular weight excluding hydrogens is 334 g/mol. The fourth-order valence-electron chi connectivity index (χ4n) is 4.82. The van der Waals surface area contributed by atoms with E-state index in [0.29, 0.717) is 0 Å². The third-order valence-electron chi connectivity index (χ3n) is 6.11. The number of ether oxygens (including phenoxy) is 1. The minimum Gasteiger partial charge on any atom is -0.497 e. The number of methoxy groups -OCH3 is 1. The minimum atomic E-state index is -0.884. The van der Waals surface area contributed by atoms with Gasteiger partial charge in [-0.3, -0.25) is 0 Å². The van der Waals surface area contributed by atoms with Gasteiger partial charge in [-0.1, -0.05) is 42.3 Å². The van der Waals surface area contributed by atoms with Crippen LogP contribution in [0.4, 0.5) is 0 Å². The average molecular weight is 368 g/mol. The van der Waals surface area contributed by atoms with Crippen LogP contribution in [0.25, 0.3) is 0 Å². The molecule has 0 aliphatic heterocycles. The molecule has 3 nitrogen and oxygen atoms in total. The second-order valence-electron chi connectivity index (χ2n) is 8.36. The van der Waals surface area contributed by atoms with Crippen LogP contribution in [0.5, 0.6) is 5.75 Å². The second kappa shape index (κ2) is 8.04. The number of hydrogen-bond donors (Lipinski definition) is 1. The van der Waals surface area contributed by atoms with Gasteiger partial charge in [-0.2, -0.15) is 0 Å². The maximum absolute atomic E-state index is 12.4. The average Bonchev–Trinajstić information content (AvgIpc) is 2.65. The van der Waals surface area contributed by atoms with E-state index < -0.39 is 5.60 Å². The van der Waals surface area contributed by atoms with Gasteiger partial charge in [0.25, 0.3) is 0 Å². The Morgan fingerprint density at radius 2 is 1.89 bits per heavy atom. The van der Waals surface area contributed by atoms with Gasteiger partial charge >= 0.3 is 0 Å². The van der Waals surface area contributed by atoms with E-state index in [1.807, 2.05) is 12.1 Å². The van der Waals surface area contributed by atoms with E-state index in [9.17, 15) is 5.11 Å². The van der Waals surface area contributed by atoms with E-state index in [1.165, 1.54) is 16.7 Å². The van der Waals surface area contributed by atoms with Gasteiger partial charge in [0.15, 0.2) is 0 Å². The number of benzene rings is 2. The van der Waals surface area contributed by atoms with Crippen molar-refractivity contribution in [3.63, 3.8) is 0 Å². The third kappa shape index (κ3) is 3.90. The largest absolute Gasteiger partial charge is 0.497 e. The van der Waals surface area contributed by atoms with Crippen LogP contribution in [0, 0.1) is 19.8 Å². The molecule has 1 fully saturated rings. The van der Waals surface area contributed by atoms with Gasteiger partial charge in [-0.15, -0.1) is 0 Å². The van der Waals surface area contributed by atoms with Crippen LogP contribution >= 0.6 is 0 Å². The Morgan fingerprint density at radius 1 is 1.11 bits per heavy atom. The predicted molar refractivity (Wildman–Crippen MR) is 111 cm³/mol. The Kier molecular flexibility index (Phi) is 5.92. The van der Waals surface area contributed by atoms with Crippen molar-refractivity contribution < 1.29 is 9.84 Å². The Hall–Kier alpha value is -1.84. The Balaban J connectivity index is 2.16. The topological polar surface area (TPSA) is 32.7 Å². The van der Waals surface area contributed by atoms with Crippen molar-refractivity contribution >= 4 is 0 Å². The molecule has 0 spiro atoms. The molecule has 146 valence electrons. The molecule has 0 saturated heterocycles. The zero-order valence-electron chi connectivity index (χ0n) is 17.3. The third-order valence-corrected chi connectivity index (χ3v) is 6.11. The lowest BCUT2D eigenvalue weighted by Crippen LogP contribution is -2.48. The first-order chi connectivity index (χ1) is 12.9. The molecule has 0 heterocycles. The number of nitrogens with zero attached hydrogens (tertiary/aromatic N) is 1. The monoisotopic (exact) mass is 367 g/mol. The van der Waals surface area contributed by atoms with Gasteiger partial charge < -0.3 is 14.7 Å². The van der Waals surface area contributed by atoms with E-state index in [0.717, 1.165) is 37.1 Å². The highest BCUT2D eigenvalue weighted by atomic mass is 16.5. The van der Waals surface area contributed by atoms with E-state index in [-0.39, 0.29) is 11.8 Å². The Labute approximate surface area is 164 Å². The highest BCUT2D eigenvalue weighted by Crippen LogP contribution is 2.52. The molecule has 0 bridgehead atoms. The Morgan fingerprint density at radius 3 is 2.59 bits per heavy atom. The molecule has 2 aromatic carbocycles. The molecule has 0 radical (unpaired) electrons. The van der Waals surface area contributed by atoms with Crippen LogP contribution in [-0.2, 0) is 5.60 Å². The first-order valence-corrected chi connectivity index (χ1v) is 9.95. The van der Waals surface area contributed by atoms with Gasteiger partial charge in [-0.05, 0) is 69.6 Å². The van der Waals surface area contributed by atoms with Crippen molar-refractivity contribution in [1.82, 2.24) is 4.90 Å². The maximum atomic E-state index is 12.4. The molecule has 3 rings (SSSR count). The molecule has 3 atom stereocenters. The summed E-state index contributed by atoms with van der Waals surface area (Å²) in [7, 11) is 5.89. The van der Waals surface area contributed by atoms with Gasteiger partial charge in [-0.25, -0.2) is 0 Å². The van der Waals surface area contributed by atoms with Crippen LogP contribution in [0.15, 0.2) is 42.5 Å². The molecule has 0 amide bonds. The van der Waals surface area contributed by atoms with Gasteiger partial charge in [0.1, 0.15) is 11.4 Å². The summed E-state index contributed by atoms with van der Waals surface area (Å²) in [6, 6.07) is 14.7. The van der Waals surface area contributed by atoms with Crippen molar-refractivity contribution in [3.05, 3.63) is 64.7 Å². The second-order valence-corrected chi connectivity index (χ2v) is 8.36. The normalized spacial score (nSPS) is 25.6. The standard InChI is InChI=1S/C24H33NO2/c1-17-12-13-18(2)23(14-17)24(26)20(16-25(3)4)9-7-11-22(24)19-8-6-10-21(15-19)27-5/h6,8,10,12-15,20,22,26H,7,9,11,16H2,1-5H3. The fourth-order valence-corrected chi connectivity index (χ4v) is 4.82. The molecule has 1 N–H and O–H groups in total. The molecule has 0 aromatic heterocycles. The summed E-state index contributed by atoms with van der Waals surface area (Å²) in [5.41, 5.74) is 3.73. The van der Waals surface area contributed by atoms with E-state index in [2.05, 4.69) is 63.2 Å². The summed E-state index contributed by atoms with van der Waals surface area (Å²) in [6.45, 7) is 5.11. The van der Waals surface area contributed by atoms with Crippen molar-refractivity contribution in [2.24, 2.45) is 5.92 Å². The first kappa shape index (κ1) is 19.9.